The third-order valence-electron chi connectivity index (χ3n) is 2.08. The van der Waals surface area contributed by atoms with E-state index in [1.165, 1.54) is 6.42 Å². The Hall–Kier alpha value is 1.56. The van der Waals surface area contributed by atoms with Gasteiger partial charge >= 0.3 is 51.4 Å². The van der Waals surface area contributed by atoms with Crippen molar-refractivity contribution in [3.8, 4) is 0 Å². The van der Waals surface area contributed by atoms with Crippen LogP contribution in [0.15, 0.2) is 0 Å². The maximum Gasteiger partial charge on any atom is 1.00 e. The molecule has 2 nitrogen and oxygen atoms in total. The van der Waals surface area contributed by atoms with E-state index in [1.807, 2.05) is 0 Å². The van der Waals surface area contributed by atoms with E-state index in [2.05, 4.69) is 5.32 Å². The zero-order valence-corrected chi connectivity index (χ0v) is 9.01. The van der Waals surface area contributed by atoms with Crippen molar-refractivity contribution < 1.29 is 56.1 Å². The summed E-state index contributed by atoms with van der Waals surface area (Å²) in [5.74, 6) is 0. The van der Waals surface area contributed by atoms with Gasteiger partial charge in [-0.05, 0) is 11.8 Å². The standard InChI is InChI=1S/C6H10NO.K/c1-2-8-5-6(1)3-7-4-6;/h1-5H2;/q-1;+1. The summed E-state index contributed by atoms with van der Waals surface area (Å²) in [6.45, 7) is 4.06. The number of hydrogen-bond acceptors (Lipinski definition) is 1. The van der Waals surface area contributed by atoms with Crippen molar-refractivity contribution in [2.75, 3.05) is 26.3 Å². The second-order valence-electron chi connectivity index (χ2n) is 2.84. The Morgan fingerprint density at radius 3 is 2.33 bits per heavy atom. The summed E-state index contributed by atoms with van der Waals surface area (Å²) < 4.78 is 5.24. The summed E-state index contributed by atoms with van der Waals surface area (Å²) in [4.78, 5) is 0. The monoisotopic (exact) mass is 151 g/mol. The first kappa shape index (κ1) is 8.65. The number of ether oxygens (including phenoxy) is 1. The molecule has 0 aliphatic carbocycles. The Balaban J connectivity index is 0.000000405. The van der Waals surface area contributed by atoms with Crippen LogP contribution in [-0.4, -0.2) is 26.3 Å². The van der Waals surface area contributed by atoms with Gasteiger partial charge < -0.3 is 10.1 Å². The van der Waals surface area contributed by atoms with Crippen molar-refractivity contribution in [1.82, 2.24) is 0 Å². The molecule has 0 saturated carbocycles. The first-order valence-electron chi connectivity index (χ1n) is 3.12. The number of rotatable bonds is 0. The van der Waals surface area contributed by atoms with E-state index in [-0.39, 0.29) is 51.4 Å². The second-order valence-corrected chi connectivity index (χ2v) is 2.84. The van der Waals surface area contributed by atoms with Crippen LogP contribution in [0.1, 0.15) is 6.42 Å². The van der Waals surface area contributed by atoms with Crippen LogP contribution in [0.25, 0.3) is 5.32 Å². The van der Waals surface area contributed by atoms with Crippen molar-refractivity contribution in [3.05, 3.63) is 5.32 Å². The van der Waals surface area contributed by atoms with E-state index in [0.29, 0.717) is 5.41 Å². The van der Waals surface area contributed by atoms with Crippen molar-refractivity contribution in [2.45, 2.75) is 6.42 Å². The molecule has 0 aromatic rings. The molecule has 0 aromatic heterocycles. The van der Waals surface area contributed by atoms with Gasteiger partial charge in [0.25, 0.3) is 0 Å². The molecule has 0 aromatic carbocycles. The average molecular weight is 151 g/mol. The normalized spacial score (nSPS) is 29.3. The Bertz CT molecular complexity index is 95.2. The maximum absolute atomic E-state index is 5.24. The molecule has 2 fully saturated rings. The van der Waals surface area contributed by atoms with Crippen LogP contribution in [0.5, 0.6) is 0 Å². The fourth-order valence-electron chi connectivity index (χ4n) is 1.33. The predicted molar refractivity (Wildman–Crippen MR) is 31.0 cm³/mol. The van der Waals surface area contributed by atoms with Gasteiger partial charge in [-0.1, -0.05) is 0 Å². The average Bonchev–Trinajstić information content (AvgIpc) is 2.07. The summed E-state index contributed by atoms with van der Waals surface area (Å²) in [6.07, 6.45) is 1.25. The van der Waals surface area contributed by atoms with Gasteiger partial charge in [-0.3, -0.25) is 0 Å². The molecule has 2 rings (SSSR count). The minimum Gasteiger partial charge on any atom is -0.661 e. The number of hydrogen-bond donors (Lipinski definition) is 0. The molecule has 2 aliphatic heterocycles. The van der Waals surface area contributed by atoms with Gasteiger partial charge in [0.1, 0.15) is 0 Å². The van der Waals surface area contributed by atoms with Crippen LogP contribution in [0.4, 0.5) is 0 Å². The summed E-state index contributed by atoms with van der Waals surface area (Å²) in [5.41, 5.74) is 0.528. The van der Waals surface area contributed by atoms with Crippen molar-refractivity contribution >= 4 is 0 Å². The van der Waals surface area contributed by atoms with Gasteiger partial charge in [0.2, 0.25) is 0 Å². The largest absolute Gasteiger partial charge is 1.00 e. The van der Waals surface area contributed by atoms with Crippen LogP contribution in [0, 0.1) is 5.41 Å². The molecule has 1 spiro atoms. The summed E-state index contributed by atoms with van der Waals surface area (Å²) in [6, 6.07) is 0. The molecule has 0 radical (unpaired) electrons. The van der Waals surface area contributed by atoms with Crippen LogP contribution in [0.2, 0.25) is 0 Å². The van der Waals surface area contributed by atoms with E-state index < -0.39 is 0 Å². The van der Waals surface area contributed by atoms with Gasteiger partial charge in [-0.2, -0.15) is 0 Å². The van der Waals surface area contributed by atoms with Crippen LogP contribution >= 0.6 is 0 Å². The van der Waals surface area contributed by atoms with Gasteiger partial charge in [-0.15, -0.1) is 13.1 Å². The Morgan fingerprint density at radius 1 is 1.33 bits per heavy atom. The van der Waals surface area contributed by atoms with Crippen molar-refractivity contribution in [1.29, 1.82) is 0 Å². The fourth-order valence-corrected chi connectivity index (χ4v) is 1.33. The van der Waals surface area contributed by atoms with Crippen molar-refractivity contribution in [2.24, 2.45) is 5.41 Å². The summed E-state index contributed by atoms with van der Waals surface area (Å²) >= 11 is 0. The minimum atomic E-state index is 0. The molecular formula is C6H10KNO. The van der Waals surface area contributed by atoms with E-state index in [9.17, 15) is 0 Å². The SMILES string of the molecule is C1CC2(C[N-]C2)CO1.[K+]. The van der Waals surface area contributed by atoms with E-state index in [4.69, 9.17) is 4.74 Å². The maximum atomic E-state index is 5.24. The molecule has 0 N–H and O–H groups in total. The first-order valence-corrected chi connectivity index (χ1v) is 3.12. The molecule has 2 saturated heterocycles. The van der Waals surface area contributed by atoms with Crippen LogP contribution in [0.3, 0.4) is 0 Å². The van der Waals surface area contributed by atoms with Gasteiger partial charge in [0, 0.05) is 13.2 Å². The third kappa shape index (κ3) is 1.58. The van der Waals surface area contributed by atoms with Gasteiger partial charge in [0.05, 0.1) is 0 Å². The fraction of sp³-hybridized carbons (Fsp3) is 1.00. The second kappa shape index (κ2) is 3.30. The first-order chi connectivity index (χ1) is 3.91. The van der Waals surface area contributed by atoms with Gasteiger partial charge in [0.15, 0.2) is 0 Å². The molecule has 0 bridgehead atoms. The van der Waals surface area contributed by atoms with E-state index in [1.54, 1.807) is 0 Å². The smallest absolute Gasteiger partial charge is 0.661 e. The molecule has 2 aliphatic rings. The molecule has 46 valence electrons. The summed E-state index contributed by atoms with van der Waals surface area (Å²) in [5, 5.41) is 4.17. The van der Waals surface area contributed by atoms with Crippen LogP contribution in [-0.2, 0) is 4.74 Å². The van der Waals surface area contributed by atoms with Crippen molar-refractivity contribution in [3.63, 3.8) is 0 Å². The molecule has 0 atom stereocenters. The Kier molecular flexibility index (Phi) is 3.17. The Morgan fingerprint density at radius 2 is 2.11 bits per heavy atom. The zero-order valence-electron chi connectivity index (χ0n) is 5.89. The summed E-state index contributed by atoms with van der Waals surface area (Å²) in [7, 11) is 0. The topological polar surface area (TPSA) is 23.3 Å². The van der Waals surface area contributed by atoms with Gasteiger partial charge in [-0.25, -0.2) is 0 Å². The minimum absolute atomic E-state index is 0. The molecular weight excluding hydrogens is 141 g/mol. The third-order valence-corrected chi connectivity index (χ3v) is 2.08. The van der Waals surface area contributed by atoms with Crippen LogP contribution < -0.4 is 51.4 Å². The quantitative estimate of drug-likeness (QED) is 0.360. The molecule has 0 unspecified atom stereocenters. The Labute approximate surface area is 98.1 Å². The molecule has 2 heterocycles. The molecule has 0 amide bonds. The van der Waals surface area contributed by atoms with E-state index in [0.717, 1.165) is 26.3 Å². The zero-order chi connectivity index (χ0) is 5.45. The van der Waals surface area contributed by atoms with E-state index >= 15 is 0 Å². The number of nitrogens with zero attached hydrogens (tertiary/aromatic N) is 1. The molecule has 9 heavy (non-hydrogen) atoms. The predicted octanol–water partition coefficient (Wildman–Crippen LogP) is -2.22. The molecule has 3 heteroatoms.